The summed E-state index contributed by atoms with van der Waals surface area (Å²) in [7, 11) is 0. The van der Waals surface area contributed by atoms with Crippen LogP contribution in [-0.2, 0) is 0 Å². The molecule has 0 aliphatic heterocycles. The normalized spacial score (nSPS) is 12.0. The lowest BCUT2D eigenvalue weighted by Crippen LogP contribution is -1.93. The van der Waals surface area contributed by atoms with Gasteiger partial charge in [-0.2, -0.15) is 0 Å². The molecule has 0 atom stereocenters. The van der Waals surface area contributed by atoms with E-state index in [9.17, 15) is 0 Å². The molecule has 0 amide bonds. The Labute approximate surface area is 202 Å². The maximum Gasteiger partial charge on any atom is 0.0541 e. The van der Waals surface area contributed by atoms with Crippen molar-refractivity contribution < 1.29 is 0 Å². The van der Waals surface area contributed by atoms with Crippen LogP contribution in [0.1, 0.15) is 0 Å². The second-order valence-corrected chi connectivity index (χ2v) is 9.39. The van der Waals surface area contributed by atoms with Crippen LogP contribution in [0.5, 0.6) is 0 Å². The van der Waals surface area contributed by atoms with E-state index >= 15 is 0 Å². The quantitative estimate of drug-likeness (QED) is 0.235. The molecule has 0 fully saturated rings. The molecular weight excluding hydrogens is 422 g/mol. The first-order valence-corrected chi connectivity index (χ1v) is 12.1. The van der Waals surface area contributed by atoms with Gasteiger partial charge >= 0.3 is 0 Å². The molecule has 0 bridgehead atoms. The van der Waals surface area contributed by atoms with Crippen LogP contribution < -0.4 is 0 Å². The second kappa shape index (κ2) is 6.94. The first kappa shape index (κ1) is 18.8. The Balaban J connectivity index is 1.34. The molecule has 1 nitrogen and oxygen atoms in total. The summed E-state index contributed by atoms with van der Waals surface area (Å²) >= 11 is 0. The van der Waals surface area contributed by atoms with Crippen molar-refractivity contribution >= 4 is 54.1 Å². The zero-order valence-corrected chi connectivity index (χ0v) is 19.1. The lowest BCUT2D eigenvalue weighted by molar-refractivity contribution is 1.18. The summed E-state index contributed by atoms with van der Waals surface area (Å²) in [6.45, 7) is 0. The van der Waals surface area contributed by atoms with E-state index in [0.717, 1.165) is 0 Å². The fourth-order valence-corrected chi connectivity index (χ4v) is 5.98. The van der Waals surface area contributed by atoms with Crippen molar-refractivity contribution in [2.24, 2.45) is 0 Å². The van der Waals surface area contributed by atoms with E-state index in [1.54, 1.807) is 0 Å². The molecule has 0 aliphatic rings. The van der Waals surface area contributed by atoms with Gasteiger partial charge in [-0.1, -0.05) is 103 Å². The van der Waals surface area contributed by atoms with Crippen LogP contribution >= 0.6 is 0 Å². The number of fused-ring (bicyclic) bond motifs is 3. The van der Waals surface area contributed by atoms with Gasteiger partial charge in [0.2, 0.25) is 0 Å². The van der Waals surface area contributed by atoms with E-state index in [0.29, 0.717) is 0 Å². The van der Waals surface area contributed by atoms with Crippen LogP contribution in [0.3, 0.4) is 0 Å². The highest BCUT2D eigenvalue weighted by molar-refractivity contribution is 6.25. The molecule has 0 saturated carbocycles. The highest BCUT2D eigenvalue weighted by Gasteiger charge is 2.14. The zero-order chi connectivity index (χ0) is 22.9. The summed E-state index contributed by atoms with van der Waals surface area (Å²) in [5.41, 5.74) is 6.19. The lowest BCUT2D eigenvalue weighted by Gasteiger charge is -2.15. The Hall–Kier alpha value is -4.62. The Morgan fingerprint density at radius 1 is 0.371 bits per heavy atom. The van der Waals surface area contributed by atoms with Crippen LogP contribution in [0.4, 0.5) is 0 Å². The largest absolute Gasteiger partial charge is 0.309 e. The maximum atomic E-state index is 2.37. The van der Waals surface area contributed by atoms with E-state index < -0.39 is 0 Å². The number of aromatic nitrogens is 1. The van der Waals surface area contributed by atoms with Gasteiger partial charge in [0.25, 0.3) is 0 Å². The van der Waals surface area contributed by atoms with E-state index in [-0.39, 0.29) is 0 Å². The van der Waals surface area contributed by atoms with Gasteiger partial charge in [-0.3, -0.25) is 0 Å². The Bertz CT molecular complexity index is 1970. The van der Waals surface area contributed by atoms with Crippen molar-refractivity contribution in [3.8, 4) is 16.8 Å². The van der Waals surface area contributed by atoms with E-state index in [2.05, 4.69) is 132 Å². The number of para-hydroxylation sites is 2. The third-order valence-electron chi connectivity index (χ3n) is 7.55. The molecule has 1 heterocycles. The van der Waals surface area contributed by atoms with Gasteiger partial charge in [-0.25, -0.2) is 0 Å². The van der Waals surface area contributed by atoms with Crippen molar-refractivity contribution in [1.29, 1.82) is 0 Å². The van der Waals surface area contributed by atoms with Crippen LogP contribution in [0.2, 0.25) is 0 Å². The lowest BCUT2D eigenvalue weighted by atomic mass is 9.90. The number of nitrogens with zero attached hydrogens (tertiary/aromatic N) is 1. The number of benzene rings is 7. The van der Waals surface area contributed by atoms with E-state index in [4.69, 9.17) is 0 Å². The third kappa shape index (κ3) is 2.58. The summed E-state index contributed by atoms with van der Waals surface area (Å²) < 4.78 is 2.37. The Morgan fingerprint density at radius 2 is 0.943 bits per heavy atom. The zero-order valence-electron chi connectivity index (χ0n) is 19.1. The first-order chi connectivity index (χ1) is 17.4. The van der Waals surface area contributed by atoms with E-state index in [1.165, 1.54) is 70.9 Å². The van der Waals surface area contributed by atoms with Gasteiger partial charge in [0.1, 0.15) is 0 Å². The summed E-state index contributed by atoms with van der Waals surface area (Å²) in [4.78, 5) is 0. The fourth-order valence-electron chi connectivity index (χ4n) is 5.98. The van der Waals surface area contributed by atoms with Crippen molar-refractivity contribution in [3.63, 3.8) is 0 Å². The predicted molar refractivity (Wildman–Crippen MR) is 150 cm³/mol. The van der Waals surface area contributed by atoms with Crippen LogP contribution in [0.15, 0.2) is 127 Å². The molecule has 8 aromatic rings. The molecule has 0 N–H and O–H groups in total. The molecule has 8 rings (SSSR count). The number of rotatable bonds is 2. The van der Waals surface area contributed by atoms with Crippen LogP contribution in [0, 0.1) is 0 Å². The molecular formula is C34H21N. The average Bonchev–Trinajstić information content (AvgIpc) is 3.26. The van der Waals surface area contributed by atoms with Crippen LogP contribution in [-0.4, -0.2) is 4.57 Å². The molecule has 0 aliphatic carbocycles. The first-order valence-electron chi connectivity index (χ1n) is 12.1. The molecule has 162 valence electrons. The van der Waals surface area contributed by atoms with Gasteiger partial charge < -0.3 is 4.57 Å². The molecule has 0 saturated heterocycles. The summed E-state index contributed by atoms with van der Waals surface area (Å²) in [5.74, 6) is 0. The third-order valence-corrected chi connectivity index (χ3v) is 7.55. The topological polar surface area (TPSA) is 4.93 Å². The van der Waals surface area contributed by atoms with Gasteiger partial charge in [-0.05, 0) is 67.7 Å². The van der Waals surface area contributed by atoms with Crippen molar-refractivity contribution in [1.82, 2.24) is 4.57 Å². The average molecular weight is 444 g/mol. The molecule has 1 aromatic heterocycles. The smallest absolute Gasteiger partial charge is 0.0541 e. The molecule has 0 spiro atoms. The molecule has 0 unspecified atom stereocenters. The maximum absolute atomic E-state index is 2.37. The summed E-state index contributed by atoms with van der Waals surface area (Å²) in [6, 6.07) is 46.6. The predicted octanol–water partition coefficient (Wildman–Crippen LogP) is 9.35. The Kier molecular flexibility index (Phi) is 3.72. The monoisotopic (exact) mass is 443 g/mol. The van der Waals surface area contributed by atoms with Crippen molar-refractivity contribution in [2.75, 3.05) is 0 Å². The number of hydrogen-bond acceptors (Lipinski definition) is 0. The minimum Gasteiger partial charge on any atom is -0.309 e. The summed E-state index contributed by atoms with van der Waals surface area (Å²) in [6.07, 6.45) is 0. The highest BCUT2D eigenvalue weighted by Crippen LogP contribution is 2.39. The van der Waals surface area contributed by atoms with E-state index in [1.807, 2.05) is 0 Å². The molecule has 7 aromatic carbocycles. The van der Waals surface area contributed by atoms with Crippen molar-refractivity contribution in [3.05, 3.63) is 127 Å². The second-order valence-electron chi connectivity index (χ2n) is 9.39. The SMILES string of the molecule is c1cc2ccc3ccc(-c4ccc(-n5c6ccccc6c6ccccc65)cc4)c4ccc(c1)c2c34. The summed E-state index contributed by atoms with van der Waals surface area (Å²) in [5, 5.41) is 10.5. The Morgan fingerprint density at radius 3 is 1.63 bits per heavy atom. The molecule has 35 heavy (non-hydrogen) atoms. The van der Waals surface area contributed by atoms with Gasteiger partial charge in [0, 0.05) is 16.5 Å². The van der Waals surface area contributed by atoms with Crippen molar-refractivity contribution in [2.45, 2.75) is 0 Å². The minimum atomic E-state index is 1.18. The van der Waals surface area contributed by atoms with Crippen LogP contribution in [0.25, 0.3) is 70.9 Å². The standard InChI is InChI=1S/C34H21N/c1-3-10-31-28(8-1)29-9-2-4-11-32(29)35(31)26-18-14-22(15-19-26)27-20-16-25-13-12-23-6-5-7-24-17-21-30(27)34(25)33(23)24/h1-21H. The molecule has 0 radical (unpaired) electrons. The fraction of sp³-hybridized carbons (Fsp3) is 0. The molecule has 1 heteroatoms. The van der Waals surface area contributed by atoms with Gasteiger partial charge in [-0.15, -0.1) is 0 Å². The highest BCUT2D eigenvalue weighted by atomic mass is 15.0. The van der Waals surface area contributed by atoms with Gasteiger partial charge in [0.05, 0.1) is 11.0 Å². The van der Waals surface area contributed by atoms with Gasteiger partial charge in [0.15, 0.2) is 0 Å². The minimum absolute atomic E-state index is 1.18. The number of hydrogen-bond donors (Lipinski definition) is 0.